The van der Waals surface area contributed by atoms with Crippen LogP contribution in [0.15, 0.2) is 0 Å². The predicted molar refractivity (Wildman–Crippen MR) is 91.8 cm³/mol. The molecule has 0 aromatic heterocycles. The van der Waals surface area contributed by atoms with Crippen molar-refractivity contribution in [3.8, 4) is 0 Å². The van der Waals surface area contributed by atoms with E-state index in [0.29, 0.717) is 17.5 Å². The molecule has 1 N–H and O–H groups in total. The average molecular weight is 299 g/mol. The van der Waals surface area contributed by atoms with Gasteiger partial charge < -0.3 is 10.1 Å². The number of hydrogen-bond donors (Lipinski definition) is 1. The zero-order valence-corrected chi connectivity index (χ0v) is 15.2. The number of nitrogens with one attached hydrogen (secondary N) is 1. The molecule has 21 heavy (non-hydrogen) atoms. The van der Waals surface area contributed by atoms with E-state index in [1.165, 1.54) is 32.2 Å². The molecule has 0 radical (unpaired) electrons. The minimum Gasteiger partial charge on any atom is -0.383 e. The van der Waals surface area contributed by atoms with E-state index in [-0.39, 0.29) is 0 Å². The highest BCUT2D eigenvalue weighted by molar-refractivity contribution is 4.91. The molecule has 1 rings (SSSR count). The molecule has 0 bridgehead atoms. The highest BCUT2D eigenvalue weighted by Gasteiger charge is 2.36. The van der Waals surface area contributed by atoms with Gasteiger partial charge in [-0.1, -0.05) is 33.6 Å². The Balaban J connectivity index is 2.73. The lowest BCUT2D eigenvalue weighted by Gasteiger charge is -2.45. The van der Waals surface area contributed by atoms with Gasteiger partial charge in [0, 0.05) is 38.8 Å². The van der Waals surface area contributed by atoms with Crippen molar-refractivity contribution in [1.82, 2.24) is 10.2 Å². The third-order valence-corrected chi connectivity index (χ3v) is 4.92. The Labute approximate surface area is 132 Å². The molecule has 0 aliphatic heterocycles. The second kappa shape index (κ2) is 9.12. The third-order valence-electron chi connectivity index (χ3n) is 4.92. The highest BCUT2D eigenvalue weighted by atomic mass is 16.5. The van der Waals surface area contributed by atoms with Crippen LogP contribution >= 0.6 is 0 Å². The van der Waals surface area contributed by atoms with Gasteiger partial charge in [-0.05, 0) is 38.0 Å². The summed E-state index contributed by atoms with van der Waals surface area (Å²) >= 11 is 0. The van der Waals surface area contributed by atoms with Crippen LogP contribution in [0.1, 0.15) is 60.3 Å². The summed E-state index contributed by atoms with van der Waals surface area (Å²) in [4.78, 5) is 2.61. The van der Waals surface area contributed by atoms with E-state index >= 15 is 0 Å². The molecule has 2 atom stereocenters. The van der Waals surface area contributed by atoms with Gasteiger partial charge in [0.25, 0.3) is 0 Å². The van der Waals surface area contributed by atoms with E-state index in [1.54, 1.807) is 7.11 Å². The molecule has 126 valence electrons. The molecule has 0 amide bonds. The van der Waals surface area contributed by atoms with Crippen molar-refractivity contribution < 1.29 is 4.74 Å². The van der Waals surface area contributed by atoms with Crippen LogP contribution in [-0.2, 0) is 4.74 Å². The average Bonchev–Trinajstić information content (AvgIpc) is 2.41. The van der Waals surface area contributed by atoms with Crippen molar-refractivity contribution in [2.24, 2.45) is 11.3 Å². The van der Waals surface area contributed by atoms with Crippen LogP contribution in [0, 0.1) is 11.3 Å². The largest absolute Gasteiger partial charge is 0.383 e. The van der Waals surface area contributed by atoms with Crippen LogP contribution in [0.5, 0.6) is 0 Å². The van der Waals surface area contributed by atoms with E-state index in [2.05, 4.69) is 44.8 Å². The summed E-state index contributed by atoms with van der Waals surface area (Å²) in [5.74, 6) is 0.865. The van der Waals surface area contributed by atoms with Gasteiger partial charge in [-0.3, -0.25) is 4.90 Å². The molecule has 1 aliphatic rings. The van der Waals surface area contributed by atoms with Gasteiger partial charge in [0.05, 0.1) is 6.61 Å². The Kier molecular flexibility index (Phi) is 8.22. The van der Waals surface area contributed by atoms with E-state index in [1.807, 2.05) is 0 Å². The minimum atomic E-state index is 0.444. The minimum absolute atomic E-state index is 0.444. The molecule has 2 unspecified atom stereocenters. The molecule has 0 heterocycles. The summed E-state index contributed by atoms with van der Waals surface area (Å²) in [6.07, 6.45) is 5.52. The van der Waals surface area contributed by atoms with E-state index < -0.39 is 0 Å². The quantitative estimate of drug-likeness (QED) is 0.704. The van der Waals surface area contributed by atoms with Gasteiger partial charge in [0.1, 0.15) is 0 Å². The fraction of sp³-hybridized carbons (Fsp3) is 1.00. The van der Waals surface area contributed by atoms with Crippen molar-refractivity contribution in [3.63, 3.8) is 0 Å². The summed E-state index contributed by atoms with van der Waals surface area (Å²) in [5.41, 5.74) is 0.444. The van der Waals surface area contributed by atoms with Crippen LogP contribution in [0.2, 0.25) is 0 Å². The maximum Gasteiger partial charge on any atom is 0.0589 e. The zero-order chi connectivity index (χ0) is 15.9. The number of rotatable bonds is 9. The molecule has 0 aromatic carbocycles. The summed E-state index contributed by atoms with van der Waals surface area (Å²) in [6, 6.07) is 1.17. The van der Waals surface area contributed by atoms with Crippen LogP contribution in [0.4, 0.5) is 0 Å². The first kappa shape index (κ1) is 18.9. The van der Waals surface area contributed by atoms with Gasteiger partial charge in [0.15, 0.2) is 0 Å². The second-order valence-corrected chi connectivity index (χ2v) is 7.79. The van der Waals surface area contributed by atoms with Gasteiger partial charge in [-0.2, -0.15) is 0 Å². The number of nitrogens with zero attached hydrogens (tertiary/aromatic N) is 1. The summed E-state index contributed by atoms with van der Waals surface area (Å²) in [5, 5.41) is 3.72. The van der Waals surface area contributed by atoms with E-state index in [4.69, 9.17) is 4.74 Å². The van der Waals surface area contributed by atoms with Gasteiger partial charge in [-0.25, -0.2) is 0 Å². The first-order chi connectivity index (χ1) is 9.88. The number of methoxy groups -OCH3 is 1. The summed E-state index contributed by atoms with van der Waals surface area (Å²) in [6.45, 7) is 15.8. The van der Waals surface area contributed by atoms with Crippen LogP contribution in [0.25, 0.3) is 0 Å². The van der Waals surface area contributed by atoms with Crippen molar-refractivity contribution in [1.29, 1.82) is 0 Å². The monoisotopic (exact) mass is 298 g/mol. The Bertz CT molecular complexity index is 280. The molecule has 3 heteroatoms. The van der Waals surface area contributed by atoms with Gasteiger partial charge in [-0.15, -0.1) is 0 Å². The zero-order valence-electron chi connectivity index (χ0n) is 15.2. The number of ether oxygens (including phenoxy) is 1. The smallest absolute Gasteiger partial charge is 0.0589 e. The molecule has 1 aliphatic carbocycles. The van der Waals surface area contributed by atoms with E-state index in [9.17, 15) is 0 Å². The Morgan fingerprint density at radius 2 is 2.00 bits per heavy atom. The molecule has 0 aromatic rings. The summed E-state index contributed by atoms with van der Waals surface area (Å²) in [7, 11) is 1.80. The topological polar surface area (TPSA) is 24.5 Å². The molecular formula is C18H38N2O. The van der Waals surface area contributed by atoms with Gasteiger partial charge in [0.2, 0.25) is 0 Å². The van der Waals surface area contributed by atoms with Crippen molar-refractivity contribution in [3.05, 3.63) is 0 Å². The molecule has 1 fully saturated rings. The lowest BCUT2D eigenvalue weighted by Crippen LogP contribution is -2.50. The normalized spacial score (nSPS) is 27.0. The predicted octanol–water partition coefficient (Wildman–Crippen LogP) is 3.54. The third kappa shape index (κ3) is 6.66. The maximum absolute atomic E-state index is 5.31. The van der Waals surface area contributed by atoms with Crippen molar-refractivity contribution in [2.75, 3.05) is 33.4 Å². The van der Waals surface area contributed by atoms with Crippen LogP contribution in [-0.4, -0.2) is 50.3 Å². The second-order valence-electron chi connectivity index (χ2n) is 7.79. The standard InChI is InChI=1S/C18H38N2O/c1-15(2)19-13-18(9-7-8-17(5)12-18)14-20(16(3)4)10-11-21-6/h15-17,19H,7-14H2,1-6H3. The number of hydrogen-bond acceptors (Lipinski definition) is 3. The molecule has 3 nitrogen and oxygen atoms in total. The Hall–Kier alpha value is -0.120. The Morgan fingerprint density at radius 3 is 2.52 bits per heavy atom. The maximum atomic E-state index is 5.31. The van der Waals surface area contributed by atoms with Gasteiger partial charge >= 0.3 is 0 Å². The fourth-order valence-electron chi connectivity index (χ4n) is 3.71. The lowest BCUT2D eigenvalue weighted by atomic mass is 9.69. The molecule has 0 spiro atoms. The Morgan fingerprint density at radius 1 is 1.29 bits per heavy atom. The van der Waals surface area contributed by atoms with Crippen molar-refractivity contribution in [2.45, 2.75) is 72.4 Å². The first-order valence-electron chi connectivity index (χ1n) is 8.85. The highest BCUT2D eigenvalue weighted by Crippen LogP contribution is 2.40. The lowest BCUT2D eigenvalue weighted by molar-refractivity contribution is 0.0470. The SMILES string of the molecule is COCCN(CC1(CNC(C)C)CCCC(C)C1)C(C)C. The molecule has 1 saturated carbocycles. The molecule has 0 saturated heterocycles. The van der Waals surface area contributed by atoms with Crippen LogP contribution < -0.4 is 5.32 Å². The molecular weight excluding hydrogens is 260 g/mol. The summed E-state index contributed by atoms with van der Waals surface area (Å²) < 4.78 is 5.31. The van der Waals surface area contributed by atoms with Crippen LogP contribution in [0.3, 0.4) is 0 Å². The van der Waals surface area contributed by atoms with Crippen molar-refractivity contribution >= 4 is 0 Å². The fourth-order valence-corrected chi connectivity index (χ4v) is 3.71. The van der Waals surface area contributed by atoms with E-state index in [0.717, 1.165) is 25.6 Å². The first-order valence-corrected chi connectivity index (χ1v) is 8.85.